The van der Waals surface area contributed by atoms with Gasteiger partial charge in [-0.1, -0.05) is 5.16 Å². The maximum Gasteiger partial charge on any atom is 0.169 e. The van der Waals surface area contributed by atoms with E-state index in [-0.39, 0.29) is 0 Å². The van der Waals surface area contributed by atoms with Gasteiger partial charge in [0.2, 0.25) is 0 Å². The highest BCUT2D eigenvalue weighted by atomic mass is 16.5. The van der Waals surface area contributed by atoms with Gasteiger partial charge < -0.3 is 14.6 Å². The highest BCUT2D eigenvalue weighted by Gasteiger charge is 2.06. The summed E-state index contributed by atoms with van der Waals surface area (Å²) in [6, 6.07) is 5.39. The molecule has 0 fully saturated rings. The number of ether oxygens (including phenoxy) is 1. The van der Waals surface area contributed by atoms with Crippen molar-refractivity contribution >= 4 is 12.1 Å². The van der Waals surface area contributed by atoms with Crippen LogP contribution < -0.4 is 10.1 Å². The van der Waals surface area contributed by atoms with Crippen molar-refractivity contribution in [3.8, 4) is 5.75 Å². The third-order valence-corrected chi connectivity index (χ3v) is 2.71. The predicted molar refractivity (Wildman–Crippen MR) is 71.8 cm³/mol. The molecular formula is C14H16N2O3. The van der Waals surface area contributed by atoms with Crippen LogP contribution in [-0.2, 0) is 0 Å². The lowest BCUT2D eigenvalue weighted by Crippen LogP contribution is -2.12. The van der Waals surface area contributed by atoms with Crippen molar-refractivity contribution in [3.63, 3.8) is 0 Å². The van der Waals surface area contributed by atoms with Crippen molar-refractivity contribution in [1.82, 2.24) is 5.16 Å². The number of benzene rings is 1. The first-order chi connectivity index (χ1) is 9.20. The van der Waals surface area contributed by atoms with Gasteiger partial charge >= 0.3 is 0 Å². The molecule has 0 bridgehead atoms. The first-order valence-corrected chi connectivity index (χ1v) is 6.04. The molecule has 100 valence electrons. The minimum atomic E-state index is 0.509. The Labute approximate surface area is 111 Å². The predicted octanol–water partition coefficient (Wildman–Crippen LogP) is 2.59. The Bertz CT molecular complexity index is 527. The summed E-state index contributed by atoms with van der Waals surface area (Å²) in [4.78, 5) is 10.7. The van der Waals surface area contributed by atoms with Crippen molar-refractivity contribution in [2.45, 2.75) is 13.8 Å². The van der Waals surface area contributed by atoms with Crippen molar-refractivity contribution in [3.05, 3.63) is 41.2 Å². The third kappa shape index (κ3) is 3.34. The number of aromatic nitrogens is 1. The summed E-state index contributed by atoms with van der Waals surface area (Å²) >= 11 is 0. The van der Waals surface area contributed by atoms with E-state index in [4.69, 9.17) is 9.26 Å². The molecule has 0 saturated heterocycles. The molecule has 0 radical (unpaired) electrons. The van der Waals surface area contributed by atoms with Crippen molar-refractivity contribution < 1.29 is 14.1 Å². The summed E-state index contributed by atoms with van der Waals surface area (Å²) in [7, 11) is 0. The molecule has 0 unspecified atom stereocenters. The molecule has 5 nitrogen and oxygen atoms in total. The third-order valence-electron chi connectivity index (χ3n) is 2.71. The molecule has 2 aromatic rings. The topological polar surface area (TPSA) is 64.4 Å². The van der Waals surface area contributed by atoms with Crippen LogP contribution in [0.2, 0.25) is 0 Å². The second kappa shape index (κ2) is 6.04. The summed E-state index contributed by atoms with van der Waals surface area (Å²) in [5.41, 5.74) is 2.59. The van der Waals surface area contributed by atoms with Crippen LogP contribution in [0.3, 0.4) is 0 Å². The first kappa shape index (κ1) is 13.1. The van der Waals surface area contributed by atoms with Crippen LogP contribution in [0.15, 0.2) is 29.0 Å². The maximum absolute atomic E-state index is 10.7. The fourth-order valence-electron chi connectivity index (χ4n) is 1.92. The van der Waals surface area contributed by atoms with E-state index in [1.165, 1.54) is 6.26 Å². The summed E-state index contributed by atoms with van der Waals surface area (Å²) in [6.07, 6.45) is 2.35. The fraction of sp³-hybridized carbons (Fsp3) is 0.286. The molecule has 2 rings (SSSR count). The van der Waals surface area contributed by atoms with Gasteiger partial charge in [-0.15, -0.1) is 0 Å². The molecule has 1 aromatic carbocycles. The lowest BCUT2D eigenvalue weighted by molar-refractivity contribution is 0.112. The molecule has 0 saturated carbocycles. The van der Waals surface area contributed by atoms with Gasteiger partial charge in [0.25, 0.3) is 0 Å². The average Bonchev–Trinajstić information content (AvgIpc) is 2.89. The highest BCUT2D eigenvalue weighted by molar-refractivity contribution is 5.76. The molecule has 0 aliphatic carbocycles. The van der Waals surface area contributed by atoms with E-state index in [2.05, 4.69) is 10.5 Å². The number of aldehydes is 1. The Balaban J connectivity index is 1.90. The zero-order chi connectivity index (χ0) is 13.7. The Morgan fingerprint density at radius 1 is 1.37 bits per heavy atom. The number of hydrogen-bond acceptors (Lipinski definition) is 5. The molecule has 0 atom stereocenters. The Hall–Kier alpha value is -2.30. The number of rotatable bonds is 6. The van der Waals surface area contributed by atoms with E-state index in [0.29, 0.717) is 24.5 Å². The number of carbonyl (C=O) groups excluding carboxylic acids is 1. The van der Waals surface area contributed by atoms with Gasteiger partial charge in [-0.2, -0.15) is 0 Å². The molecule has 0 aliphatic heterocycles. The normalized spacial score (nSPS) is 10.2. The van der Waals surface area contributed by atoms with E-state index in [9.17, 15) is 4.79 Å². The van der Waals surface area contributed by atoms with Crippen LogP contribution in [0.1, 0.15) is 21.5 Å². The van der Waals surface area contributed by atoms with Crippen molar-refractivity contribution in [2.24, 2.45) is 0 Å². The number of hydrogen-bond donors (Lipinski definition) is 1. The van der Waals surface area contributed by atoms with E-state index >= 15 is 0 Å². The summed E-state index contributed by atoms with van der Waals surface area (Å²) in [6.45, 7) is 5.00. The minimum absolute atomic E-state index is 0.509. The molecule has 1 aromatic heterocycles. The standard InChI is InChI=1S/C14H16N2O3/c1-10-7-12(9-17)8-11(2)14(10)18-6-4-15-13-3-5-19-16-13/h3,5,7-9H,4,6H2,1-2H3,(H,15,16). The molecule has 1 heterocycles. The second-order valence-electron chi connectivity index (χ2n) is 4.26. The van der Waals surface area contributed by atoms with E-state index in [0.717, 1.165) is 23.2 Å². The van der Waals surface area contributed by atoms with E-state index in [1.807, 2.05) is 26.0 Å². The average molecular weight is 260 g/mol. The van der Waals surface area contributed by atoms with Gasteiger partial charge in [0.1, 0.15) is 24.9 Å². The molecule has 0 spiro atoms. The number of anilines is 1. The molecule has 1 N–H and O–H groups in total. The number of nitrogens with zero attached hydrogens (tertiary/aromatic N) is 1. The van der Waals surface area contributed by atoms with Crippen LogP contribution in [0.5, 0.6) is 5.75 Å². The Morgan fingerprint density at radius 2 is 2.11 bits per heavy atom. The monoisotopic (exact) mass is 260 g/mol. The smallest absolute Gasteiger partial charge is 0.169 e. The first-order valence-electron chi connectivity index (χ1n) is 6.04. The zero-order valence-electron chi connectivity index (χ0n) is 11.0. The lowest BCUT2D eigenvalue weighted by atomic mass is 10.1. The van der Waals surface area contributed by atoms with Crippen LogP contribution >= 0.6 is 0 Å². The Kier molecular flexibility index (Phi) is 4.18. The van der Waals surface area contributed by atoms with Crippen LogP contribution in [-0.4, -0.2) is 24.6 Å². The van der Waals surface area contributed by atoms with Gasteiger partial charge in [0.05, 0.1) is 6.54 Å². The van der Waals surface area contributed by atoms with Crippen molar-refractivity contribution in [2.75, 3.05) is 18.5 Å². The molecule has 0 aliphatic rings. The van der Waals surface area contributed by atoms with Gasteiger partial charge in [-0.05, 0) is 37.1 Å². The molecule has 5 heteroatoms. The molecule has 0 amide bonds. The zero-order valence-corrected chi connectivity index (χ0v) is 11.0. The maximum atomic E-state index is 10.7. The highest BCUT2D eigenvalue weighted by Crippen LogP contribution is 2.24. The van der Waals surface area contributed by atoms with Crippen LogP contribution in [0.4, 0.5) is 5.82 Å². The second-order valence-corrected chi connectivity index (χ2v) is 4.26. The quantitative estimate of drug-likeness (QED) is 0.639. The van der Waals surface area contributed by atoms with E-state index < -0.39 is 0 Å². The van der Waals surface area contributed by atoms with Gasteiger partial charge in [-0.25, -0.2) is 0 Å². The number of nitrogens with one attached hydrogen (secondary N) is 1. The van der Waals surface area contributed by atoms with Gasteiger partial charge in [0, 0.05) is 11.6 Å². The van der Waals surface area contributed by atoms with Crippen LogP contribution in [0, 0.1) is 13.8 Å². The SMILES string of the molecule is Cc1cc(C=O)cc(C)c1OCCNc1ccon1. The lowest BCUT2D eigenvalue weighted by Gasteiger charge is -2.12. The van der Waals surface area contributed by atoms with Crippen LogP contribution in [0.25, 0.3) is 0 Å². The summed E-state index contributed by atoms with van der Waals surface area (Å²) < 4.78 is 10.4. The molecule has 19 heavy (non-hydrogen) atoms. The van der Waals surface area contributed by atoms with E-state index in [1.54, 1.807) is 6.07 Å². The van der Waals surface area contributed by atoms with Gasteiger partial charge in [0.15, 0.2) is 5.82 Å². The minimum Gasteiger partial charge on any atom is -0.491 e. The van der Waals surface area contributed by atoms with Crippen molar-refractivity contribution in [1.29, 1.82) is 0 Å². The number of aryl methyl sites for hydroxylation is 2. The summed E-state index contributed by atoms with van der Waals surface area (Å²) in [5, 5.41) is 6.81. The fourth-order valence-corrected chi connectivity index (χ4v) is 1.92. The molecular weight excluding hydrogens is 244 g/mol. The number of carbonyl (C=O) groups is 1. The largest absolute Gasteiger partial charge is 0.491 e. The van der Waals surface area contributed by atoms with Gasteiger partial charge in [-0.3, -0.25) is 4.79 Å². The summed E-state index contributed by atoms with van der Waals surface area (Å²) in [5.74, 6) is 1.51. The Morgan fingerprint density at radius 3 is 2.68 bits per heavy atom.